The van der Waals surface area contributed by atoms with Crippen LogP contribution in [0.15, 0.2) is 58.0 Å². The zero-order valence-electron chi connectivity index (χ0n) is 13.6. The summed E-state index contributed by atoms with van der Waals surface area (Å²) in [7, 11) is 0. The van der Waals surface area contributed by atoms with Gasteiger partial charge < -0.3 is 5.73 Å². The maximum atomic E-state index is 11.6. The second-order valence-corrected chi connectivity index (χ2v) is 7.39. The van der Waals surface area contributed by atoms with Gasteiger partial charge in [0.15, 0.2) is 5.82 Å². The first-order chi connectivity index (χ1) is 12.5. The lowest BCUT2D eigenvalue weighted by Gasteiger charge is -2.08. The molecule has 3 aromatic rings. The van der Waals surface area contributed by atoms with Gasteiger partial charge in [0, 0.05) is 27.6 Å². The minimum Gasteiger partial charge on any atom is -0.351 e. The molecule has 6 nitrogen and oxygen atoms in total. The average Bonchev–Trinajstić information content (AvgIpc) is 2.61. The van der Waals surface area contributed by atoms with Crippen LogP contribution in [0.25, 0.3) is 22.3 Å². The van der Waals surface area contributed by atoms with Crippen LogP contribution in [0.4, 0.5) is 4.79 Å². The van der Waals surface area contributed by atoms with Crippen LogP contribution in [0.5, 0.6) is 0 Å². The second-order valence-electron chi connectivity index (χ2n) is 5.39. The van der Waals surface area contributed by atoms with Crippen molar-refractivity contribution in [1.29, 1.82) is 0 Å². The lowest BCUT2D eigenvalue weighted by Crippen LogP contribution is -2.35. The average molecular weight is 431 g/mol. The highest BCUT2D eigenvalue weighted by atomic mass is 79.9. The predicted octanol–water partition coefficient (Wildman–Crippen LogP) is 3.74. The minimum atomic E-state index is -0.843. The van der Waals surface area contributed by atoms with Crippen molar-refractivity contribution in [3.05, 3.63) is 53.0 Å². The predicted molar refractivity (Wildman–Crippen MR) is 106 cm³/mol. The number of fused-ring (bicyclic) bond motifs is 1. The number of aromatic nitrogens is 2. The van der Waals surface area contributed by atoms with E-state index in [9.17, 15) is 9.59 Å². The molecule has 0 unspecified atom stereocenters. The van der Waals surface area contributed by atoms with Gasteiger partial charge in [0.25, 0.3) is 0 Å². The van der Waals surface area contributed by atoms with Crippen molar-refractivity contribution in [3.8, 4) is 11.4 Å². The highest BCUT2D eigenvalue weighted by Gasteiger charge is 2.11. The molecular formula is C18H15BrN4O2S. The van der Waals surface area contributed by atoms with E-state index in [2.05, 4.69) is 31.2 Å². The molecule has 3 amide bonds. The molecule has 1 heterocycles. The van der Waals surface area contributed by atoms with Gasteiger partial charge >= 0.3 is 6.03 Å². The van der Waals surface area contributed by atoms with E-state index in [4.69, 9.17) is 5.73 Å². The van der Waals surface area contributed by atoms with Gasteiger partial charge in [0.2, 0.25) is 5.91 Å². The molecule has 1 aromatic heterocycles. The number of imide groups is 1. The highest BCUT2D eigenvalue weighted by molar-refractivity contribution is 9.10. The maximum Gasteiger partial charge on any atom is 0.318 e. The molecule has 0 radical (unpaired) electrons. The van der Waals surface area contributed by atoms with Crippen LogP contribution in [-0.4, -0.2) is 27.7 Å². The van der Waals surface area contributed by atoms with Gasteiger partial charge in [-0.15, -0.1) is 11.8 Å². The van der Waals surface area contributed by atoms with Crippen molar-refractivity contribution in [2.75, 3.05) is 5.75 Å². The van der Waals surface area contributed by atoms with E-state index < -0.39 is 11.9 Å². The van der Waals surface area contributed by atoms with Crippen molar-refractivity contribution in [3.63, 3.8) is 0 Å². The molecule has 26 heavy (non-hydrogen) atoms. The van der Waals surface area contributed by atoms with Crippen molar-refractivity contribution in [1.82, 2.24) is 15.3 Å². The van der Waals surface area contributed by atoms with Crippen LogP contribution >= 0.6 is 27.7 Å². The Kier molecular flexibility index (Phi) is 5.85. The number of rotatable bonds is 5. The van der Waals surface area contributed by atoms with Gasteiger partial charge in [0.05, 0.1) is 5.52 Å². The molecule has 3 rings (SSSR count). The number of nitrogens with zero attached hydrogens (tertiary/aromatic N) is 2. The van der Waals surface area contributed by atoms with Crippen LogP contribution in [0.2, 0.25) is 0 Å². The summed E-state index contributed by atoms with van der Waals surface area (Å²) in [6.07, 6.45) is 0.166. The van der Waals surface area contributed by atoms with Gasteiger partial charge in [-0.25, -0.2) is 14.8 Å². The summed E-state index contributed by atoms with van der Waals surface area (Å²) < 4.78 is 0.983. The second kappa shape index (κ2) is 8.29. The molecule has 0 saturated heterocycles. The Balaban J connectivity index is 1.87. The molecule has 0 aliphatic carbocycles. The lowest BCUT2D eigenvalue weighted by atomic mass is 10.2. The molecule has 132 valence electrons. The van der Waals surface area contributed by atoms with E-state index in [-0.39, 0.29) is 6.42 Å². The molecular weight excluding hydrogens is 416 g/mol. The molecule has 0 bridgehead atoms. The third kappa shape index (κ3) is 4.59. The van der Waals surface area contributed by atoms with Gasteiger partial charge in [-0.3, -0.25) is 10.1 Å². The number of thioether (sulfide) groups is 1. The van der Waals surface area contributed by atoms with Crippen LogP contribution < -0.4 is 11.1 Å². The number of urea groups is 1. The summed E-state index contributed by atoms with van der Waals surface area (Å²) >= 11 is 4.87. The molecule has 0 atom stereocenters. The van der Waals surface area contributed by atoms with E-state index in [1.165, 1.54) is 11.8 Å². The first-order valence-corrected chi connectivity index (χ1v) is 9.55. The van der Waals surface area contributed by atoms with Crippen LogP contribution in [0, 0.1) is 0 Å². The van der Waals surface area contributed by atoms with E-state index in [0.29, 0.717) is 11.6 Å². The van der Waals surface area contributed by atoms with E-state index in [1.54, 1.807) is 0 Å². The third-order valence-electron chi connectivity index (χ3n) is 3.50. The summed E-state index contributed by atoms with van der Waals surface area (Å²) in [4.78, 5) is 31.6. The molecule has 2 aromatic carbocycles. The maximum absolute atomic E-state index is 11.6. The number of carbonyl (C=O) groups excluding carboxylic acids is 2. The van der Waals surface area contributed by atoms with Crippen LogP contribution in [0.1, 0.15) is 6.42 Å². The molecule has 0 aliphatic heterocycles. The topological polar surface area (TPSA) is 98.0 Å². The first kappa shape index (κ1) is 18.3. The number of nitrogens with two attached hydrogens (primary N) is 1. The largest absolute Gasteiger partial charge is 0.351 e. The summed E-state index contributed by atoms with van der Waals surface area (Å²) in [5.41, 5.74) is 6.69. The summed E-state index contributed by atoms with van der Waals surface area (Å²) in [6.45, 7) is 0. The Morgan fingerprint density at radius 3 is 2.54 bits per heavy atom. The number of carbonyl (C=O) groups is 2. The fraction of sp³-hybridized carbons (Fsp3) is 0.111. The third-order valence-corrected chi connectivity index (χ3v) is 5.02. The quantitative estimate of drug-likeness (QED) is 0.474. The van der Waals surface area contributed by atoms with Crippen LogP contribution in [0.3, 0.4) is 0 Å². The van der Waals surface area contributed by atoms with Crippen molar-refractivity contribution in [2.45, 2.75) is 11.4 Å². The van der Waals surface area contributed by atoms with E-state index in [0.717, 1.165) is 26.0 Å². The van der Waals surface area contributed by atoms with Crippen molar-refractivity contribution in [2.24, 2.45) is 5.73 Å². The van der Waals surface area contributed by atoms with E-state index in [1.807, 2.05) is 48.5 Å². The molecule has 0 fully saturated rings. The van der Waals surface area contributed by atoms with Crippen LogP contribution in [-0.2, 0) is 4.79 Å². The minimum absolute atomic E-state index is 0.166. The number of hydrogen-bond donors (Lipinski definition) is 2. The Bertz CT molecular complexity index is 963. The standard InChI is InChI=1S/C18H15BrN4O2S/c19-12-7-5-11(6-8-12)16-21-14-4-2-1-3-13(14)17(23-16)26-10-9-15(24)22-18(20)25/h1-8H,9-10H2,(H3,20,22,24,25). The Labute approximate surface area is 162 Å². The number of para-hydroxylation sites is 1. The van der Waals surface area contributed by atoms with E-state index >= 15 is 0 Å². The molecule has 3 N–H and O–H groups in total. The molecule has 8 heteroatoms. The zero-order valence-corrected chi connectivity index (χ0v) is 16.0. The Morgan fingerprint density at radius 1 is 1.08 bits per heavy atom. The van der Waals surface area contributed by atoms with Gasteiger partial charge in [-0.05, 0) is 18.2 Å². The summed E-state index contributed by atoms with van der Waals surface area (Å²) in [5.74, 6) is 0.691. The first-order valence-electron chi connectivity index (χ1n) is 7.78. The Hall–Kier alpha value is -2.45. The molecule has 0 spiro atoms. The fourth-order valence-corrected chi connectivity index (χ4v) is 3.55. The summed E-state index contributed by atoms with van der Waals surface area (Å²) in [6, 6.07) is 14.7. The molecule has 0 saturated carbocycles. The number of hydrogen-bond acceptors (Lipinski definition) is 5. The molecule has 0 aliphatic rings. The van der Waals surface area contributed by atoms with Crippen molar-refractivity contribution < 1.29 is 9.59 Å². The lowest BCUT2D eigenvalue weighted by molar-refractivity contribution is -0.119. The smallest absolute Gasteiger partial charge is 0.318 e. The number of primary amides is 1. The van der Waals surface area contributed by atoms with Crippen molar-refractivity contribution >= 4 is 50.5 Å². The summed E-state index contributed by atoms with van der Waals surface area (Å²) in [5, 5.41) is 3.77. The SMILES string of the molecule is NC(=O)NC(=O)CCSc1nc(-c2ccc(Br)cc2)nc2ccccc12. The van der Waals surface area contributed by atoms with Gasteiger partial charge in [-0.2, -0.15) is 0 Å². The number of halogens is 1. The van der Waals surface area contributed by atoms with Gasteiger partial charge in [0.1, 0.15) is 5.03 Å². The number of benzene rings is 2. The fourth-order valence-electron chi connectivity index (χ4n) is 2.33. The Morgan fingerprint density at radius 2 is 1.81 bits per heavy atom. The normalized spacial score (nSPS) is 10.7. The number of amides is 3. The zero-order chi connectivity index (χ0) is 18.5. The van der Waals surface area contributed by atoms with Gasteiger partial charge in [-0.1, -0.05) is 46.3 Å². The highest BCUT2D eigenvalue weighted by Crippen LogP contribution is 2.29. The monoisotopic (exact) mass is 430 g/mol. The number of nitrogens with one attached hydrogen (secondary N) is 1.